The highest BCUT2D eigenvalue weighted by atomic mass is 16.5. The summed E-state index contributed by atoms with van der Waals surface area (Å²) in [5.41, 5.74) is 1.10. The smallest absolute Gasteiger partial charge is 0.306 e. The molecule has 0 saturated heterocycles. The van der Waals surface area contributed by atoms with Crippen LogP contribution in [0.4, 0.5) is 5.69 Å². The van der Waals surface area contributed by atoms with Crippen LogP contribution in [0.15, 0.2) is 42.5 Å². The Kier molecular flexibility index (Phi) is 5.44. The molecular formula is C21H17NO6. The molecule has 0 bridgehead atoms. The lowest BCUT2D eigenvalue weighted by molar-refractivity contribution is -0.148. The zero-order chi connectivity index (χ0) is 20.3. The molecule has 142 valence electrons. The highest BCUT2D eigenvalue weighted by molar-refractivity contribution is 6.30. The lowest BCUT2D eigenvalue weighted by Crippen LogP contribution is -2.26. The largest absolute Gasteiger partial charge is 0.456 e. The number of benzene rings is 2. The second kappa shape index (κ2) is 7.96. The van der Waals surface area contributed by atoms with Gasteiger partial charge in [0.05, 0.1) is 17.7 Å². The van der Waals surface area contributed by atoms with Crippen LogP contribution in [0.3, 0.4) is 0 Å². The summed E-state index contributed by atoms with van der Waals surface area (Å²) in [6.45, 7) is 0.800. The molecule has 1 aliphatic rings. The molecule has 0 saturated carbocycles. The summed E-state index contributed by atoms with van der Waals surface area (Å²) in [5.74, 6) is -2.12. The van der Waals surface area contributed by atoms with Crippen molar-refractivity contribution in [3.63, 3.8) is 0 Å². The molecule has 0 spiro atoms. The van der Waals surface area contributed by atoms with Crippen LogP contribution in [0.2, 0.25) is 0 Å². The third-order valence-electron chi connectivity index (χ3n) is 4.27. The number of carbonyl (C=O) groups excluding carboxylic acids is 5. The molecule has 0 atom stereocenters. The van der Waals surface area contributed by atoms with Gasteiger partial charge < -0.3 is 14.8 Å². The number of Topliss-reactive ketones (excluding diaryl/α,β-unsaturated/α-hetero) is 1. The molecule has 0 radical (unpaired) electrons. The Balaban J connectivity index is 1.75. The summed E-state index contributed by atoms with van der Waals surface area (Å²) in [7, 11) is 0. The van der Waals surface area contributed by atoms with E-state index in [4.69, 9.17) is 4.74 Å². The van der Waals surface area contributed by atoms with E-state index in [1.165, 1.54) is 19.1 Å². The van der Waals surface area contributed by atoms with Gasteiger partial charge in [0.2, 0.25) is 0 Å². The molecule has 1 N–H and O–H groups in total. The standard InChI is InChI=1S/C21H17NO6/c1-12(23)9-10-18(25)28-11-17(24)22-16-8-4-7-15-19(16)21(27)14-6-3-2-5-13(14)20(15)26/h2-8H,9-11H2,1H3,(H,22,24). The Hall–Kier alpha value is -3.61. The van der Waals surface area contributed by atoms with Crippen molar-refractivity contribution >= 4 is 34.9 Å². The van der Waals surface area contributed by atoms with Gasteiger partial charge in [0, 0.05) is 23.1 Å². The molecule has 28 heavy (non-hydrogen) atoms. The van der Waals surface area contributed by atoms with Gasteiger partial charge in [-0.25, -0.2) is 0 Å². The number of fused-ring (bicyclic) bond motifs is 2. The van der Waals surface area contributed by atoms with E-state index >= 15 is 0 Å². The molecule has 3 rings (SSSR count). The first-order valence-electron chi connectivity index (χ1n) is 8.65. The molecule has 1 amide bonds. The number of nitrogens with one attached hydrogen (secondary N) is 1. The summed E-state index contributed by atoms with van der Waals surface area (Å²) >= 11 is 0. The molecule has 2 aromatic carbocycles. The third-order valence-corrected chi connectivity index (χ3v) is 4.27. The van der Waals surface area contributed by atoms with E-state index in [9.17, 15) is 24.0 Å². The Morgan fingerprint density at radius 2 is 1.50 bits per heavy atom. The van der Waals surface area contributed by atoms with Crippen LogP contribution < -0.4 is 5.32 Å². The molecule has 1 aliphatic carbocycles. The van der Waals surface area contributed by atoms with Crippen LogP contribution in [-0.4, -0.2) is 35.8 Å². The normalized spacial score (nSPS) is 12.0. The second-order valence-corrected chi connectivity index (χ2v) is 6.34. The Morgan fingerprint density at radius 1 is 0.857 bits per heavy atom. The van der Waals surface area contributed by atoms with E-state index in [0.717, 1.165) is 0 Å². The van der Waals surface area contributed by atoms with Crippen molar-refractivity contribution in [2.75, 3.05) is 11.9 Å². The maximum absolute atomic E-state index is 12.9. The summed E-state index contributed by atoms with van der Waals surface area (Å²) < 4.78 is 4.82. The minimum atomic E-state index is -0.666. The molecule has 0 heterocycles. The van der Waals surface area contributed by atoms with Crippen molar-refractivity contribution in [2.45, 2.75) is 19.8 Å². The van der Waals surface area contributed by atoms with E-state index in [1.807, 2.05) is 0 Å². The zero-order valence-electron chi connectivity index (χ0n) is 15.1. The topological polar surface area (TPSA) is 107 Å². The van der Waals surface area contributed by atoms with Gasteiger partial charge in [-0.1, -0.05) is 36.4 Å². The van der Waals surface area contributed by atoms with Gasteiger partial charge in [-0.2, -0.15) is 0 Å². The molecule has 2 aromatic rings. The highest BCUT2D eigenvalue weighted by Crippen LogP contribution is 2.31. The van der Waals surface area contributed by atoms with Gasteiger partial charge in [0.1, 0.15) is 5.78 Å². The Morgan fingerprint density at radius 3 is 2.18 bits per heavy atom. The van der Waals surface area contributed by atoms with Crippen LogP contribution in [0.5, 0.6) is 0 Å². The van der Waals surface area contributed by atoms with Crippen molar-refractivity contribution in [3.8, 4) is 0 Å². The molecule has 7 heteroatoms. The first-order valence-corrected chi connectivity index (χ1v) is 8.65. The number of carbonyl (C=O) groups is 5. The molecule has 0 aliphatic heterocycles. The van der Waals surface area contributed by atoms with Gasteiger partial charge in [0.15, 0.2) is 18.2 Å². The third kappa shape index (κ3) is 3.88. The molecule has 0 unspecified atom stereocenters. The van der Waals surface area contributed by atoms with Crippen LogP contribution in [-0.2, 0) is 19.1 Å². The molecule has 0 aromatic heterocycles. The summed E-state index contributed by atoms with van der Waals surface area (Å²) in [4.78, 5) is 60.0. The monoisotopic (exact) mass is 379 g/mol. The van der Waals surface area contributed by atoms with Crippen LogP contribution in [0.25, 0.3) is 0 Å². The highest BCUT2D eigenvalue weighted by Gasteiger charge is 2.31. The lowest BCUT2D eigenvalue weighted by Gasteiger charge is -2.20. The quantitative estimate of drug-likeness (QED) is 0.659. The number of rotatable bonds is 6. The van der Waals surface area contributed by atoms with Gasteiger partial charge in [-0.15, -0.1) is 0 Å². The molecule has 7 nitrogen and oxygen atoms in total. The predicted octanol–water partition coefficient (Wildman–Crippen LogP) is 2.31. The minimum absolute atomic E-state index is 0.0443. The van der Waals surface area contributed by atoms with Gasteiger partial charge >= 0.3 is 5.97 Å². The fraction of sp³-hybridized carbons (Fsp3) is 0.190. The Bertz CT molecular complexity index is 1010. The van der Waals surface area contributed by atoms with Gasteiger partial charge in [-0.3, -0.25) is 19.2 Å². The maximum atomic E-state index is 12.9. The van der Waals surface area contributed by atoms with Crippen molar-refractivity contribution in [2.24, 2.45) is 0 Å². The van der Waals surface area contributed by atoms with E-state index in [1.54, 1.807) is 30.3 Å². The number of anilines is 1. The van der Waals surface area contributed by atoms with Crippen LogP contribution >= 0.6 is 0 Å². The van der Waals surface area contributed by atoms with Crippen molar-refractivity contribution in [1.29, 1.82) is 0 Å². The predicted molar refractivity (Wildman–Crippen MR) is 99.3 cm³/mol. The fourth-order valence-electron chi connectivity index (χ4n) is 2.93. The number of ether oxygens (including phenoxy) is 1. The van der Waals surface area contributed by atoms with E-state index < -0.39 is 18.5 Å². The summed E-state index contributed by atoms with van der Waals surface area (Å²) in [6.07, 6.45) is -0.0597. The Labute approximate surface area is 160 Å². The van der Waals surface area contributed by atoms with Gasteiger partial charge in [-0.05, 0) is 13.0 Å². The SMILES string of the molecule is CC(=O)CCC(=O)OCC(=O)Nc1cccc2c1C(=O)c1ccccc1C2=O. The first kappa shape index (κ1) is 19.2. The fourth-order valence-corrected chi connectivity index (χ4v) is 2.93. The van der Waals surface area contributed by atoms with E-state index in [-0.39, 0.29) is 52.6 Å². The molecule has 0 fully saturated rings. The average Bonchev–Trinajstić information content (AvgIpc) is 2.68. The second-order valence-electron chi connectivity index (χ2n) is 6.34. The van der Waals surface area contributed by atoms with Gasteiger partial charge in [0.25, 0.3) is 5.91 Å². The van der Waals surface area contributed by atoms with Crippen LogP contribution in [0, 0.1) is 0 Å². The molecular weight excluding hydrogens is 362 g/mol. The average molecular weight is 379 g/mol. The van der Waals surface area contributed by atoms with Crippen molar-refractivity contribution in [1.82, 2.24) is 0 Å². The van der Waals surface area contributed by atoms with Crippen molar-refractivity contribution in [3.05, 3.63) is 64.7 Å². The summed E-state index contributed by atoms with van der Waals surface area (Å²) in [5, 5.41) is 2.52. The number of esters is 1. The number of amides is 1. The number of hydrogen-bond acceptors (Lipinski definition) is 6. The first-order chi connectivity index (χ1) is 13.4. The maximum Gasteiger partial charge on any atom is 0.306 e. The number of ketones is 3. The van der Waals surface area contributed by atoms with E-state index in [2.05, 4.69) is 5.32 Å². The lowest BCUT2D eigenvalue weighted by atomic mass is 9.83. The van der Waals surface area contributed by atoms with Crippen molar-refractivity contribution < 1.29 is 28.7 Å². The summed E-state index contributed by atoms with van der Waals surface area (Å²) in [6, 6.07) is 11.1. The van der Waals surface area contributed by atoms with E-state index in [0.29, 0.717) is 5.56 Å². The number of hydrogen-bond donors (Lipinski definition) is 1. The van der Waals surface area contributed by atoms with Crippen LogP contribution in [0.1, 0.15) is 51.6 Å². The zero-order valence-corrected chi connectivity index (χ0v) is 15.1. The minimum Gasteiger partial charge on any atom is -0.456 e.